The van der Waals surface area contributed by atoms with Gasteiger partial charge in [0.1, 0.15) is 17.7 Å². The molecule has 1 aliphatic heterocycles. The van der Waals surface area contributed by atoms with E-state index in [0.29, 0.717) is 25.3 Å². The van der Waals surface area contributed by atoms with E-state index in [-0.39, 0.29) is 17.4 Å². The van der Waals surface area contributed by atoms with Crippen LogP contribution >= 0.6 is 0 Å². The van der Waals surface area contributed by atoms with Gasteiger partial charge in [-0.25, -0.2) is 4.39 Å². The van der Waals surface area contributed by atoms with Gasteiger partial charge in [0.15, 0.2) is 5.69 Å². The Morgan fingerprint density at radius 2 is 2.00 bits per heavy atom. The van der Waals surface area contributed by atoms with Crippen molar-refractivity contribution in [2.75, 3.05) is 11.9 Å². The molecule has 124 valence electrons. The highest BCUT2D eigenvalue weighted by molar-refractivity contribution is 5.90. The van der Waals surface area contributed by atoms with E-state index in [4.69, 9.17) is 5.73 Å². The van der Waals surface area contributed by atoms with Crippen LogP contribution in [0, 0.1) is 5.82 Å². The molecule has 1 atom stereocenters. The molecule has 1 aliphatic rings. The summed E-state index contributed by atoms with van der Waals surface area (Å²) in [6.07, 6.45) is 0.624. The number of halogens is 1. The predicted octanol–water partition coefficient (Wildman–Crippen LogP) is 0.928. The zero-order valence-corrected chi connectivity index (χ0v) is 12.8. The van der Waals surface area contributed by atoms with E-state index in [0.717, 1.165) is 5.56 Å². The second-order valence-corrected chi connectivity index (χ2v) is 5.54. The Balaban J connectivity index is 1.61. The molecule has 8 heteroatoms. The molecule has 0 aliphatic carbocycles. The van der Waals surface area contributed by atoms with Gasteiger partial charge >= 0.3 is 0 Å². The summed E-state index contributed by atoms with van der Waals surface area (Å²) in [4.78, 5) is 25.1. The van der Waals surface area contributed by atoms with Crippen LogP contribution in [0.15, 0.2) is 36.4 Å². The largest absolute Gasteiger partial charge is 0.364 e. The van der Waals surface area contributed by atoms with Crippen LogP contribution in [0.25, 0.3) is 0 Å². The smallest absolute Gasteiger partial charge is 0.269 e. The second-order valence-electron chi connectivity index (χ2n) is 5.54. The molecule has 2 heterocycles. The number of amides is 2. The molecular formula is C16H16FN5O2. The second kappa shape index (κ2) is 6.61. The molecule has 1 fully saturated rings. The van der Waals surface area contributed by atoms with Gasteiger partial charge in [-0.1, -0.05) is 12.1 Å². The summed E-state index contributed by atoms with van der Waals surface area (Å²) >= 11 is 0. The molecule has 24 heavy (non-hydrogen) atoms. The van der Waals surface area contributed by atoms with Crippen molar-refractivity contribution in [3.05, 3.63) is 53.5 Å². The van der Waals surface area contributed by atoms with Gasteiger partial charge in [0.2, 0.25) is 5.91 Å². The number of likely N-dealkylation sites (tertiary alicyclic amines) is 1. The van der Waals surface area contributed by atoms with Crippen molar-refractivity contribution in [2.24, 2.45) is 5.73 Å². The van der Waals surface area contributed by atoms with Crippen LogP contribution in [0.5, 0.6) is 0 Å². The average molecular weight is 329 g/mol. The number of carbonyl (C=O) groups excluding carboxylic acids is 2. The maximum atomic E-state index is 12.9. The third-order valence-corrected chi connectivity index (χ3v) is 3.82. The minimum atomic E-state index is -0.656. The molecule has 3 rings (SSSR count). The highest BCUT2D eigenvalue weighted by atomic mass is 19.1. The summed E-state index contributed by atoms with van der Waals surface area (Å²) in [6.45, 7) is 1.03. The maximum absolute atomic E-state index is 12.9. The molecule has 1 saturated heterocycles. The van der Waals surface area contributed by atoms with Crippen LogP contribution in [0.3, 0.4) is 0 Å². The molecule has 2 amide bonds. The van der Waals surface area contributed by atoms with Crippen molar-refractivity contribution in [2.45, 2.75) is 19.0 Å². The van der Waals surface area contributed by atoms with Gasteiger partial charge in [-0.05, 0) is 36.2 Å². The SMILES string of the molecule is NC(=O)c1ccc(NC2CCN(Cc3ccc(F)cc3)C2=O)nn1. The number of anilines is 1. The highest BCUT2D eigenvalue weighted by Gasteiger charge is 2.31. The number of benzene rings is 1. The van der Waals surface area contributed by atoms with Crippen LogP contribution in [-0.2, 0) is 11.3 Å². The first-order valence-electron chi connectivity index (χ1n) is 7.46. The van der Waals surface area contributed by atoms with Crippen LogP contribution < -0.4 is 11.1 Å². The lowest BCUT2D eigenvalue weighted by atomic mass is 10.2. The number of nitrogens with one attached hydrogen (secondary N) is 1. The van der Waals surface area contributed by atoms with Gasteiger partial charge in [0.05, 0.1) is 0 Å². The van der Waals surface area contributed by atoms with Crippen molar-refractivity contribution in [1.82, 2.24) is 15.1 Å². The lowest BCUT2D eigenvalue weighted by Gasteiger charge is -2.17. The third-order valence-electron chi connectivity index (χ3n) is 3.82. The first-order chi connectivity index (χ1) is 11.5. The number of carbonyl (C=O) groups is 2. The highest BCUT2D eigenvalue weighted by Crippen LogP contribution is 2.18. The van der Waals surface area contributed by atoms with Crippen LogP contribution in [-0.4, -0.2) is 39.5 Å². The Bertz CT molecular complexity index is 748. The number of nitrogens with zero attached hydrogens (tertiary/aromatic N) is 3. The summed E-state index contributed by atoms with van der Waals surface area (Å²) in [5.41, 5.74) is 6.04. The number of primary amides is 1. The average Bonchev–Trinajstić information content (AvgIpc) is 2.91. The number of hydrogen-bond acceptors (Lipinski definition) is 5. The first-order valence-corrected chi connectivity index (χ1v) is 7.46. The van der Waals surface area contributed by atoms with Crippen LogP contribution in [0.4, 0.5) is 10.2 Å². The number of rotatable bonds is 5. The van der Waals surface area contributed by atoms with E-state index in [1.165, 1.54) is 18.2 Å². The van der Waals surface area contributed by atoms with Gasteiger partial charge < -0.3 is 16.0 Å². The third kappa shape index (κ3) is 3.48. The van der Waals surface area contributed by atoms with Crippen molar-refractivity contribution in [1.29, 1.82) is 0 Å². The van der Waals surface area contributed by atoms with E-state index in [1.54, 1.807) is 23.1 Å². The maximum Gasteiger partial charge on any atom is 0.269 e. The summed E-state index contributed by atoms with van der Waals surface area (Å²) in [5.74, 6) is -0.609. The Morgan fingerprint density at radius 1 is 1.25 bits per heavy atom. The summed E-state index contributed by atoms with van der Waals surface area (Å²) < 4.78 is 12.9. The predicted molar refractivity (Wildman–Crippen MR) is 84.4 cm³/mol. The van der Waals surface area contributed by atoms with Crippen molar-refractivity contribution in [3.8, 4) is 0 Å². The van der Waals surface area contributed by atoms with Crippen molar-refractivity contribution < 1.29 is 14.0 Å². The fourth-order valence-electron chi connectivity index (χ4n) is 2.56. The summed E-state index contributed by atoms with van der Waals surface area (Å²) in [5, 5.41) is 10.5. The van der Waals surface area contributed by atoms with Gasteiger partial charge in [0, 0.05) is 13.1 Å². The molecule has 0 radical (unpaired) electrons. The Labute approximate surface area is 137 Å². The zero-order chi connectivity index (χ0) is 17.1. The molecule has 1 unspecified atom stereocenters. The summed E-state index contributed by atoms with van der Waals surface area (Å²) in [6, 6.07) is 8.69. The molecule has 3 N–H and O–H groups in total. The molecule has 0 saturated carbocycles. The molecule has 1 aromatic heterocycles. The summed E-state index contributed by atoms with van der Waals surface area (Å²) in [7, 11) is 0. The fourth-order valence-corrected chi connectivity index (χ4v) is 2.56. The first kappa shape index (κ1) is 15.9. The topological polar surface area (TPSA) is 101 Å². The molecule has 7 nitrogen and oxygen atoms in total. The van der Waals surface area contributed by atoms with Crippen LogP contribution in [0.2, 0.25) is 0 Å². The zero-order valence-electron chi connectivity index (χ0n) is 12.8. The van der Waals surface area contributed by atoms with E-state index < -0.39 is 11.9 Å². The van der Waals surface area contributed by atoms with E-state index in [1.807, 2.05) is 0 Å². The van der Waals surface area contributed by atoms with E-state index in [2.05, 4.69) is 15.5 Å². The quantitative estimate of drug-likeness (QED) is 0.850. The van der Waals surface area contributed by atoms with Gasteiger partial charge in [-0.2, -0.15) is 0 Å². The molecule has 2 aromatic rings. The lowest BCUT2D eigenvalue weighted by Crippen LogP contribution is -2.33. The van der Waals surface area contributed by atoms with Gasteiger partial charge in [0.25, 0.3) is 5.91 Å². The fraction of sp³-hybridized carbons (Fsp3) is 0.250. The number of hydrogen-bond donors (Lipinski definition) is 2. The van der Waals surface area contributed by atoms with Crippen LogP contribution in [0.1, 0.15) is 22.5 Å². The van der Waals surface area contributed by atoms with E-state index >= 15 is 0 Å². The normalized spacial score (nSPS) is 17.1. The Hall–Kier alpha value is -3.03. The molecule has 0 spiro atoms. The van der Waals surface area contributed by atoms with Gasteiger partial charge in [-0.3, -0.25) is 9.59 Å². The Kier molecular flexibility index (Phi) is 4.37. The molecular weight excluding hydrogens is 313 g/mol. The van der Waals surface area contributed by atoms with Gasteiger partial charge in [-0.15, -0.1) is 10.2 Å². The van der Waals surface area contributed by atoms with E-state index in [9.17, 15) is 14.0 Å². The van der Waals surface area contributed by atoms with Crippen molar-refractivity contribution >= 4 is 17.6 Å². The number of aromatic nitrogens is 2. The number of nitrogens with two attached hydrogens (primary N) is 1. The Morgan fingerprint density at radius 3 is 2.62 bits per heavy atom. The monoisotopic (exact) mass is 329 g/mol. The molecule has 1 aromatic carbocycles. The minimum absolute atomic E-state index is 0.0555. The lowest BCUT2D eigenvalue weighted by molar-refractivity contribution is -0.128. The minimum Gasteiger partial charge on any atom is -0.364 e. The van der Waals surface area contributed by atoms with Crippen molar-refractivity contribution in [3.63, 3.8) is 0 Å². The molecule has 0 bridgehead atoms. The standard InChI is InChI=1S/C16H16FN5O2/c17-11-3-1-10(2-4-11)9-22-8-7-13(16(22)24)19-14-6-5-12(15(18)23)20-21-14/h1-6,13H,7-9H2,(H2,18,23)(H,19,21).